The third-order valence-electron chi connectivity index (χ3n) is 3.99. The van der Waals surface area contributed by atoms with E-state index < -0.39 is 9.84 Å². The summed E-state index contributed by atoms with van der Waals surface area (Å²) in [5.41, 5.74) is 2.12. The number of hydrogen-bond acceptors (Lipinski definition) is 6. The van der Waals surface area contributed by atoms with Crippen LogP contribution in [0.5, 0.6) is 5.75 Å². The largest absolute Gasteiger partial charge is 0.497 e. The molecule has 0 saturated heterocycles. The fourth-order valence-corrected chi connectivity index (χ4v) is 4.02. The van der Waals surface area contributed by atoms with Crippen LogP contribution in [0.1, 0.15) is 0 Å². The first-order valence-corrected chi connectivity index (χ1v) is 11.0. The van der Waals surface area contributed by atoms with Crippen molar-refractivity contribution in [2.45, 2.75) is 4.90 Å². The third-order valence-corrected chi connectivity index (χ3v) is 5.94. The lowest BCUT2D eigenvalue weighted by Crippen LogP contribution is -2.23. The van der Waals surface area contributed by atoms with Crippen molar-refractivity contribution in [2.75, 3.05) is 18.3 Å². The number of benzene rings is 2. The van der Waals surface area contributed by atoms with Gasteiger partial charge in [0.1, 0.15) is 5.75 Å². The van der Waals surface area contributed by atoms with Crippen molar-refractivity contribution in [1.82, 2.24) is 4.98 Å². The minimum absolute atomic E-state index is 0.181. The Bertz CT molecular complexity index is 1100. The van der Waals surface area contributed by atoms with Gasteiger partial charge in [0.25, 0.3) is 5.91 Å². The highest BCUT2D eigenvalue weighted by Crippen LogP contribution is 2.33. The molecule has 144 valence electrons. The highest BCUT2D eigenvalue weighted by atomic mass is 32.2. The Kier molecular flexibility index (Phi) is 5.62. The lowest BCUT2D eigenvalue weighted by molar-refractivity contribution is -0.113. The van der Waals surface area contributed by atoms with Gasteiger partial charge in [-0.25, -0.2) is 13.4 Å². The maximum absolute atomic E-state index is 12.5. The van der Waals surface area contributed by atoms with Crippen LogP contribution in [0, 0.1) is 0 Å². The summed E-state index contributed by atoms with van der Waals surface area (Å²) in [6, 6.07) is 13.5. The Balaban J connectivity index is 1.98. The molecule has 0 N–H and O–H groups in total. The van der Waals surface area contributed by atoms with Crippen molar-refractivity contribution in [2.24, 2.45) is 0 Å². The van der Waals surface area contributed by atoms with Crippen LogP contribution in [0.15, 0.2) is 71.5 Å². The van der Waals surface area contributed by atoms with Crippen LogP contribution >= 0.6 is 11.3 Å². The zero-order valence-corrected chi connectivity index (χ0v) is 17.0. The highest BCUT2D eigenvalue weighted by Gasteiger charge is 2.20. The van der Waals surface area contributed by atoms with Crippen LogP contribution in [-0.4, -0.2) is 32.7 Å². The molecule has 0 aliphatic rings. The summed E-state index contributed by atoms with van der Waals surface area (Å²) < 4.78 is 28.5. The number of sulfone groups is 1. The number of hydrogen-bond donors (Lipinski definition) is 0. The van der Waals surface area contributed by atoms with E-state index in [-0.39, 0.29) is 10.8 Å². The normalized spacial score (nSPS) is 11.1. The number of methoxy groups -OCH3 is 1. The number of amides is 1. The summed E-state index contributed by atoms with van der Waals surface area (Å²) in [5, 5.41) is 2.31. The van der Waals surface area contributed by atoms with E-state index in [1.54, 1.807) is 19.2 Å². The molecule has 0 aliphatic carbocycles. The van der Waals surface area contributed by atoms with E-state index >= 15 is 0 Å². The predicted molar refractivity (Wildman–Crippen MR) is 111 cm³/mol. The van der Waals surface area contributed by atoms with E-state index in [2.05, 4.69) is 11.6 Å². The summed E-state index contributed by atoms with van der Waals surface area (Å²) in [5.74, 6) is 0.386. The van der Waals surface area contributed by atoms with Crippen LogP contribution < -0.4 is 9.64 Å². The fourth-order valence-electron chi connectivity index (χ4n) is 2.53. The van der Waals surface area contributed by atoms with Crippen LogP contribution in [-0.2, 0) is 14.6 Å². The summed E-state index contributed by atoms with van der Waals surface area (Å²) >= 11 is 1.31. The standard InChI is InChI=1S/C20H18N2O4S2/c1-4-19(23)22(15-7-11-17(12-8-15)28(3,24)25)20-21-18(13-27-20)14-5-9-16(26-2)10-6-14/h4-13H,1H2,2-3H3. The van der Waals surface area contributed by atoms with E-state index in [0.717, 1.165) is 23.3 Å². The Morgan fingerprint density at radius 3 is 2.32 bits per heavy atom. The Morgan fingerprint density at radius 1 is 1.14 bits per heavy atom. The third kappa shape index (κ3) is 4.13. The van der Waals surface area contributed by atoms with E-state index in [1.165, 1.54) is 34.4 Å². The van der Waals surface area contributed by atoms with Crippen molar-refractivity contribution in [1.29, 1.82) is 0 Å². The second-order valence-corrected chi connectivity index (χ2v) is 8.74. The van der Waals surface area contributed by atoms with Gasteiger partial charge in [0, 0.05) is 17.2 Å². The van der Waals surface area contributed by atoms with Gasteiger partial charge in [-0.15, -0.1) is 11.3 Å². The molecule has 3 aromatic rings. The van der Waals surface area contributed by atoms with E-state index in [9.17, 15) is 13.2 Å². The number of rotatable bonds is 6. The summed E-state index contributed by atoms with van der Waals surface area (Å²) in [6.45, 7) is 3.55. The first kappa shape index (κ1) is 19.8. The van der Waals surface area contributed by atoms with Crippen LogP contribution in [0.2, 0.25) is 0 Å². The number of aromatic nitrogens is 1. The average molecular weight is 415 g/mol. The molecule has 8 heteroatoms. The van der Waals surface area contributed by atoms with Gasteiger partial charge in [-0.05, 0) is 54.6 Å². The molecule has 0 bridgehead atoms. The molecule has 0 aliphatic heterocycles. The SMILES string of the molecule is C=CC(=O)N(c1ccc(S(C)(=O)=O)cc1)c1nc(-c2ccc(OC)cc2)cs1. The molecule has 0 atom stereocenters. The van der Waals surface area contributed by atoms with Crippen molar-refractivity contribution in [3.05, 3.63) is 66.6 Å². The maximum atomic E-state index is 12.5. The number of thiazole rings is 1. The second-order valence-electron chi connectivity index (χ2n) is 5.89. The lowest BCUT2D eigenvalue weighted by Gasteiger charge is -2.18. The number of ether oxygens (including phenoxy) is 1. The van der Waals surface area contributed by atoms with Crippen molar-refractivity contribution < 1.29 is 17.9 Å². The van der Waals surface area contributed by atoms with E-state index in [4.69, 9.17) is 4.74 Å². The van der Waals surface area contributed by atoms with Gasteiger partial charge in [0.05, 0.1) is 23.4 Å². The predicted octanol–water partition coefficient (Wildman–Crippen LogP) is 4.07. The van der Waals surface area contributed by atoms with E-state index in [0.29, 0.717) is 10.8 Å². The van der Waals surface area contributed by atoms with Gasteiger partial charge in [-0.1, -0.05) is 6.58 Å². The first-order valence-electron chi connectivity index (χ1n) is 8.20. The molecule has 1 aromatic heterocycles. The maximum Gasteiger partial charge on any atom is 0.256 e. The summed E-state index contributed by atoms with van der Waals surface area (Å²) in [7, 11) is -1.72. The van der Waals surface area contributed by atoms with Gasteiger partial charge in [-0.3, -0.25) is 9.69 Å². The summed E-state index contributed by atoms with van der Waals surface area (Å²) in [6.07, 6.45) is 2.33. The second kappa shape index (κ2) is 7.95. The van der Waals surface area contributed by atoms with Crippen LogP contribution in [0.25, 0.3) is 11.3 Å². The molecule has 0 saturated carbocycles. The number of carbonyl (C=O) groups excluding carboxylic acids is 1. The zero-order valence-electron chi connectivity index (χ0n) is 15.3. The molecular formula is C20H18N2O4S2. The van der Waals surface area contributed by atoms with Gasteiger partial charge >= 0.3 is 0 Å². The molecular weight excluding hydrogens is 396 g/mol. The van der Waals surface area contributed by atoms with Gasteiger partial charge in [0.2, 0.25) is 0 Å². The zero-order chi connectivity index (χ0) is 20.3. The smallest absolute Gasteiger partial charge is 0.256 e. The van der Waals surface area contributed by atoms with Gasteiger partial charge in [-0.2, -0.15) is 0 Å². The first-order chi connectivity index (χ1) is 13.3. The summed E-state index contributed by atoms with van der Waals surface area (Å²) in [4.78, 5) is 18.6. The van der Waals surface area contributed by atoms with Gasteiger partial charge < -0.3 is 4.74 Å². The quantitative estimate of drug-likeness (QED) is 0.568. The number of nitrogens with zero attached hydrogens (tertiary/aromatic N) is 2. The molecule has 28 heavy (non-hydrogen) atoms. The van der Waals surface area contributed by atoms with Crippen LogP contribution in [0.4, 0.5) is 10.8 Å². The Morgan fingerprint density at radius 2 is 1.79 bits per heavy atom. The molecule has 1 amide bonds. The monoisotopic (exact) mass is 414 g/mol. The van der Waals surface area contributed by atoms with Crippen molar-refractivity contribution in [3.63, 3.8) is 0 Å². The molecule has 6 nitrogen and oxygen atoms in total. The fraction of sp³-hybridized carbons (Fsp3) is 0.100. The molecule has 0 radical (unpaired) electrons. The topological polar surface area (TPSA) is 76.6 Å². The average Bonchev–Trinajstić information content (AvgIpc) is 3.17. The van der Waals surface area contributed by atoms with Crippen molar-refractivity contribution >= 4 is 37.9 Å². The lowest BCUT2D eigenvalue weighted by atomic mass is 10.2. The van der Waals surface area contributed by atoms with E-state index in [1.807, 2.05) is 29.6 Å². The number of carbonyl (C=O) groups is 1. The minimum Gasteiger partial charge on any atom is -0.497 e. The molecule has 3 rings (SSSR count). The van der Waals surface area contributed by atoms with Crippen LogP contribution in [0.3, 0.4) is 0 Å². The molecule has 2 aromatic carbocycles. The Labute approximate surface area is 167 Å². The minimum atomic E-state index is -3.32. The highest BCUT2D eigenvalue weighted by molar-refractivity contribution is 7.90. The molecule has 1 heterocycles. The molecule has 0 spiro atoms. The van der Waals surface area contributed by atoms with Crippen molar-refractivity contribution in [3.8, 4) is 17.0 Å². The molecule has 0 fully saturated rings. The molecule has 0 unspecified atom stereocenters. The number of anilines is 2. The van der Waals surface area contributed by atoms with Gasteiger partial charge in [0.15, 0.2) is 15.0 Å². The Hall–Kier alpha value is -2.97.